The molecule has 0 saturated heterocycles. The Morgan fingerprint density at radius 2 is 1.70 bits per heavy atom. The molecule has 0 fully saturated rings. The van der Waals surface area contributed by atoms with Crippen LogP contribution in [0.2, 0.25) is 0 Å². The Hall–Kier alpha value is -3.48. The number of nitrogens with zero attached hydrogens (tertiary/aromatic N) is 1. The van der Waals surface area contributed by atoms with Crippen molar-refractivity contribution in [2.75, 3.05) is 29.0 Å². The molecule has 0 unspecified atom stereocenters. The van der Waals surface area contributed by atoms with E-state index in [1.54, 1.807) is 37.3 Å². The third kappa shape index (κ3) is 6.27. The molecule has 4 aromatic rings. The number of thiazole rings is 1. The third-order valence-electron chi connectivity index (χ3n) is 5.33. The fraction of sp³-hybridized carbons (Fsp3) is 0.160. The molecule has 4 rings (SSSR count). The van der Waals surface area contributed by atoms with Crippen LogP contribution in [0.1, 0.15) is 31.8 Å². The number of nitrogens with two attached hydrogens (primary N) is 1. The van der Waals surface area contributed by atoms with Gasteiger partial charge in [-0.3, -0.25) is 9.59 Å². The molecule has 0 atom stereocenters. The number of fused-ring (bicyclic) bond motifs is 1. The first-order valence-electron chi connectivity index (χ1n) is 11.0. The molecule has 0 spiro atoms. The highest BCUT2D eigenvalue weighted by atomic mass is 79.9. The van der Waals surface area contributed by atoms with Gasteiger partial charge in [0.1, 0.15) is 0 Å². The van der Waals surface area contributed by atoms with E-state index in [9.17, 15) is 22.8 Å². The van der Waals surface area contributed by atoms with Gasteiger partial charge in [0.25, 0.3) is 11.8 Å². The fourth-order valence-corrected chi connectivity index (χ4v) is 4.94. The van der Waals surface area contributed by atoms with Crippen LogP contribution in [0.4, 0.5) is 29.7 Å². The van der Waals surface area contributed by atoms with E-state index in [1.165, 1.54) is 23.5 Å². The first-order chi connectivity index (χ1) is 17.5. The molecule has 0 radical (unpaired) electrons. The Balaban J connectivity index is 1.53. The summed E-state index contributed by atoms with van der Waals surface area (Å²) >= 11 is 4.77. The Bertz CT molecular complexity index is 1490. The zero-order valence-corrected chi connectivity index (χ0v) is 21.8. The van der Waals surface area contributed by atoms with Crippen LogP contribution in [0.25, 0.3) is 10.2 Å². The number of aryl methyl sites for hydroxylation is 1. The summed E-state index contributed by atoms with van der Waals surface area (Å²) in [6.45, 7) is 2.84. The van der Waals surface area contributed by atoms with Crippen LogP contribution in [-0.2, 0) is 6.18 Å². The van der Waals surface area contributed by atoms with Crippen LogP contribution < -0.4 is 21.7 Å². The van der Waals surface area contributed by atoms with Crippen LogP contribution in [0.15, 0.2) is 59.1 Å². The van der Waals surface area contributed by atoms with Gasteiger partial charge in [0.15, 0.2) is 5.13 Å². The molecule has 192 valence electrons. The zero-order valence-electron chi connectivity index (χ0n) is 19.4. The number of aromatic nitrogens is 1. The Morgan fingerprint density at radius 3 is 2.41 bits per heavy atom. The van der Waals surface area contributed by atoms with Crippen molar-refractivity contribution < 1.29 is 22.8 Å². The van der Waals surface area contributed by atoms with E-state index in [0.717, 1.165) is 22.3 Å². The van der Waals surface area contributed by atoms with E-state index < -0.39 is 17.6 Å². The van der Waals surface area contributed by atoms with E-state index >= 15 is 0 Å². The van der Waals surface area contributed by atoms with Gasteiger partial charge in [0.2, 0.25) is 0 Å². The summed E-state index contributed by atoms with van der Waals surface area (Å²) in [5, 5.41) is 9.26. The lowest BCUT2D eigenvalue weighted by Gasteiger charge is -2.14. The number of rotatable bonds is 7. The number of hydrogen-bond donors (Lipinski definition) is 4. The monoisotopic (exact) mass is 591 g/mol. The van der Waals surface area contributed by atoms with Crippen molar-refractivity contribution >= 4 is 65.8 Å². The average molecular weight is 592 g/mol. The molecule has 7 nitrogen and oxygen atoms in total. The van der Waals surface area contributed by atoms with Gasteiger partial charge < -0.3 is 21.7 Å². The van der Waals surface area contributed by atoms with Gasteiger partial charge in [-0.05, 0) is 76.9 Å². The van der Waals surface area contributed by atoms with Crippen molar-refractivity contribution in [3.8, 4) is 0 Å². The van der Waals surface area contributed by atoms with Gasteiger partial charge in [-0.15, -0.1) is 0 Å². The number of carbonyl (C=O) groups is 2. The molecule has 0 aliphatic heterocycles. The van der Waals surface area contributed by atoms with Gasteiger partial charge in [-0.2, -0.15) is 13.2 Å². The lowest BCUT2D eigenvalue weighted by atomic mass is 10.1. The SMILES string of the molecule is Cc1cc(Br)c(NC(=O)c2cccc(C(F)(F)F)c2)cc1NC(=O)c1ccc2nc(NCCN)sc2c1. The molecule has 2 amide bonds. The highest BCUT2D eigenvalue weighted by Crippen LogP contribution is 2.32. The van der Waals surface area contributed by atoms with E-state index in [0.29, 0.717) is 39.5 Å². The smallest absolute Gasteiger partial charge is 0.360 e. The summed E-state index contributed by atoms with van der Waals surface area (Å²) in [4.78, 5) is 30.1. The Morgan fingerprint density at radius 1 is 1.00 bits per heavy atom. The van der Waals surface area contributed by atoms with Crippen molar-refractivity contribution in [3.63, 3.8) is 0 Å². The second-order valence-electron chi connectivity index (χ2n) is 8.05. The average Bonchev–Trinajstić information content (AvgIpc) is 3.27. The molecule has 12 heteroatoms. The number of nitrogens with one attached hydrogen (secondary N) is 3. The summed E-state index contributed by atoms with van der Waals surface area (Å²) in [5.41, 5.74) is 7.04. The van der Waals surface area contributed by atoms with E-state index in [-0.39, 0.29) is 17.2 Å². The Kier molecular flexibility index (Phi) is 7.81. The molecule has 0 bridgehead atoms. The summed E-state index contributed by atoms with van der Waals surface area (Å²) in [7, 11) is 0. The maximum Gasteiger partial charge on any atom is 0.416 e. The second-order valence-corrected chi connectivity index (χ2v) is 9.94. The number of hydrogen-bond acceptors (Lipinski definition) is 6. The van der Waals surface area contributed by atoms with Crippen LogP contribution in [0, 0.1) is 6.92 Å². The van der Waals surface area contributed by atoms with Crippen molar-refractivity contribution in [1.82, 2.24) is 4.98 Å². The molecule has 3 aromatic carbocycles. The quantitative estimate of drug-likeness (QED) is 0.203. The molecular weight excluding hydrogens is 571 g/mol. The molecule has 0 saturated carbocycles. The summed E-state index contributed by atoms with van der Waals surface area (Å²) in [6, 6.07) is 12.5. The van der Waals surface area contributed by atoms with Crippen molar-refractivity contribution in [3.05, 3.63) is 81.3 Å². The predicted octanol–water partition coefficient (Wildman–Crippen LogP) is 6.26. The van der Waals surface area contributed by atoms with Gasteiger partial charge in [0.05, 0.1) is 21.5 Å². The third-order valence-corrected chi connectivity index (χ3v) is 6.97. The topological polar surface area (TPSA) is 109 Å². The number of benzene rings is 3. The summed E-state index contributed by atoms with van der Waals surface area (Å²) in [6.07, 6.45) is -4.57. The molecule has 0 aliphatic carbocycles. The predicted molar refractivity (Wildman–Crippen MR) is 143 cm³/mol. The highest BCUT2D eigenvalue weighted by Gasteiger charge is 2.31. The van der Waals surface area contributed by atoms with E-state index in [1.807, 2.05) is 0 Å². The van der Waals surface area contributed by atoms with E-state index in [4.69, 9.17) is 5.73 Å². The maximum atomic E-state index is 13.0. The van der Waals surface area contributed by atoms with Crippen molar-refractivity contribution in [1.29, 1.82) is 0 Å². The minimum Gasteiger partial charge on any atom is -0.360 e. The largest absolute Gasteiger partial charge is 0.416 e. The lowest BCUT2D eigenvalue weighted by molar-refractivity contribution is -0.137. The normalized spacial score (nSPS) is 11.4. The van der Waals surface area contributed by atoms with E-state index in [2.05, 4.69) is 36.9 Å². The van der Waals surface area contributed by atoms with Crippen LogP contribution in [0.3, 0.4) is 0 Å². The number of amides is 2. The first-order valence-corrected chi connectivity index (χ1v) is 12.6. The van der Waals surface area contributed by atoms with Crippen LogP contribution >= 0.6 is 27.3 Å². The molecule has 1 heterocycles. The standard InChI is InChI=1S/C25H21BrF3N5O2S/c1-13-9-17(26)20(33-22(35)14-3-2-4-16(10-14)25(27,28)29)12-19(13)32-23(36)15-5-6-18-21(11-15)37-24(34-18)31-8-7-30/h2-6,9-12H,7-8,30H2,1H3,(H,31,34)(H,32,36)(H,33,35). The van der Waals surface area contributed by atoms with Crippen molar-refractivity contribution in [2.45, 2.75) is 13.1 Å². The van der Waals surface area contributed by atoms with Crippen LogP contribution in [-0.4, -0.2) is 29.9 Å². The van der Waals surface area contributed by atoms with Gasteiger partial charge in [-0.25, -0.2) is 4.98 Å². The molecule has 0 aliphatic rings. The van der Waals surface area contributed by atoms with Gasteiger partial charge in [0, 0.05) is 34.4 Å². The van der Waals surface area contributed by atoms with Crippen LogP contribution in [0.5, 0.6) is 0 Å². The van der Waals surface area contributed by atoms with Crippen molar-refractivity contribution in [2.24, 2.45) is 5.73 Å². The molecule has 1 aromatic heterocycles. The minimum atomic E-state index is -4.57. The molecule has 5 N–H and O–H groups in total. The summed E-state index contributed by atoms with van der Waals surface area (Å²) < 4.78 is 40.4. The minimum absolute atomic E-state index is 0.147. The molecular formula is C25H21BrF3N5O2S. The lowest BCUT2D eigenvalue weighted by Crippen LogP contribution is -2.16. The molecule has 37 heavy (non-hydrogen) atoms. The first kappa shape index (κ1) is 26.6. The maximum absolute atomic E-state index is 13.0. The fourth-order valence-electron chi connectivity index (χ4n) is 3.45. The second kappa shape index (κ2) is 10.9. The van der Waals surface area contributed by atoms with Gasteiger partial charge >= 0.3 is 6.18 Å². The zero-order chi connectivity index (χ0) is 26.7. The highest BCUT2D eigenvalue weighted by molar-refractivity contribution is 9.10. The number of anilines is 3. The number of alkyl halides is 3. The summed E-state index contributed by atoms with van der Waals surface area (Å²) in [5.74, 6) is -1.09. The number of carbonyl (C=O) groups excluding carboxylic acids is 2. The Labute approximate surface area is 222 Å². The number of halogens is 4. The van der Waals surface area contributed by atoms with Gasteiger partial charge in [-0.1, -0.05) is 17.4 Å².